The van der Waals surface area contributed by atoms with E-state index in [0.29, 0.717) is 43.1 Å². The summed E-state index contributed by atoms with van der Waals surface area (Å²) in [4.78, 5) is 32.8. The van der Waals surface area contributed by atoms with Crippen molar-refractivity contribution in [3.8, 4) is 0 Å². The average molecular weight is 523 g/mol. The number of nitrogens with zero attached hydrogens (tertiary/aromatic N) is 5. The molecule has 10 nitrogen and oxygen atoms in total. The first-order valence-corrected chi connectivity index (χ1v) is 13.1. The van der Waals surface area contributed by atoms with Crippen LogP contribution in [0.4, 0.5) is 21.1 Å². The Morgan fingerprint density at radius 1 is 1.13 bits per heavy atom. The van der Waals surface area contributed by atoms with E-state index in [4.69, 9.17) is 9.84 Å². The van der Waals surface area contributed by atoms with Gasteiger partial charge in [0.1, 0.15) is 11.4 Å². The van der Waals surface area contributed by atoms with Crippen molar-refractivity contribution in [2.24, 2.45) is 0 Å². The van der Waals surface area contributed by atoms with E-state index in [-0.39, 0.29) is 18.0 Å². The van der Waals surface area contributed by atoms with E-state index in [9.17, 15) is 14.7 Å². The van der Waals surface area contributed by atoms with Crippen LogP contribution in [0.15, 0.2) is 42.6 Å². The molecule has 38 heavy (non-hydrogen) atoms. The molecule has 1 fully saturated rings. The summed E-state index contributed by atoms with van der Waals surface area (Å²) in [6.07, 6.45) is 1.76. The summed E-state index contributed by atoms with van der Waals surface area (Å²) in [5.74, 6) is 0.746. The fraction of sp³-hybridized carbons (Fsp3) is 0.500. The largest absolute Gasteiger partial charge is 0.465 e. The molecule has 1 aliphatic rings. The standard InChI is InChI=1S/C28H38N6O4/c1-18(2)23-17-29-25-22(16-24(31-34(23)25)30-21-12-14-32(15-13-21)26(35)36)33(27(37)38-28(4,5)6)19(3)20-10-8-7-9-11-20/h7-11,16-19,21H,12-15H2,1-6H3,(H,30,31)(H,35,36). The van der Waals surface area contributed by atoms with Crippen molar-refractivity contribution in [3.05, 3.63) is 53.9 Å². The van der Waals surface area contributed by atoms with Gasteiger partial charge in [0, 0.05) is 25.2 Å². The number of piperidine rings is 1. The summed E-state index contributed by atoms with van der Waals surface area (Å²) in [5.41, 5.74) is 2.34. The van der Waals surface area contributed by atoms with Gasteiger partial charge in [-0.15, -0.1) is 5.10 Å². The van der Waals surface area contributed by atoms with Gasteiger partial charge in [0.05, 0.1) is 23.6 Å². The maximum absolute atomic E-state index is 13.7. The number of benzene rings is 1. The zero-order valence-electron chi connectivity index (χ0n) is 23.0. The van der Waals surface area contributed by atoms with Crippen LogP contribution in [-0.4, -0.2) is 61.5 Å². The second kappa shape index (κ2) is 10.9. The average Bonchev–Trinajstić information content (AvgIpc) is 3.28. The highest BCUT2D eigenvalue weighted by molar-refractivity contribution is 5.94. The Kier molecular flexibility index (Phi) is 7.80. The number of ether oxygens (including phenoxy) is 1. The van der Waals surface area contributed by atoms with E-state index >= 15 is 0 Å². The molecule has 10 heteroatoms. The predicted octanol–water partition coefficient (Wildman–Crippen LogP) is 5.91. The Bertz CT molecular complexity index is 1280. The van der Waals surface area contributed by atoms with Crippen molar-refractivity contribution >= 4 is 29.3 Å². The maximum Gasteiger partial charge on any atom is 0.415 e. The number of likely N-dealkylation sites (tertiary alicyclic amines) is 1. The minimum absolute atomic E-state index is 0.0518. The molecule has 1 unspecified atom stereocenters. The molecule has 1 atom stereocenters. The smallest absolute Gasteiger partial charge is 0.415 e. The van der Waals surface area contributed by atoms with E-state index in [1.807, 2.05) is 64.1 Å². The second-order valence-corrected chi connectivity index (χ2v) is 11.1. The molecule has 1 aromatic carbocycles. The number of rotatable bonds is 6. The van der Waals surface area contributed by atoms with Gasteiger partial charge in [-0.3, -0.25) is 4.90 Å². The van der Waals surface area contributed by atoms with Gasteiger partial charge < -0.3 is 20.1 Å². The number of carboxylic acid groups (broad SMARTS) is 1. The van der Waals surface area contributed by atoms with Gasteiger partial charge in [-0.2, -0.15) is 0 Å². The van der Waals surface area contributed by atoms with Crippen molar-refractivity contribution in [1.29, 1.82) is 0 Å². The summed E-state index contributed by atoms with van der Waals surface area (Å²) < 4.78 is 7.67. The molecular formula is C28H38N6O4. The van der Waals surface area contributed by atoms with Crippen LogP contribution in [0, 0.1) is 0 Å². The zero-order chi connectivity index (χ0) is 27.6. The minimum Gasteiger partial charge on any atom is -0.465 e. The number of carbonyl (C=O) groups excluding carboxylic acids is 1. The van der Waals surface area contributed by atoms with E-state index in [1.165, 1.54) is 4.90 Å². The van der Waals surface area contributed by atoms with Crippen LogP contribution in [0.25, 0.3) is 5.65 Å². The third-order valence-electron chi connectivity index (χ3n) is 6.70. The summed E-state index contributed by atoms with van der Waals surface area (Å²) in [5, 5.41) is 17.6. The highest BCUT2D eigenvalue weighted by Crippen LogP contribution is 2.34. The molecule has 204 valence electrons. The van der Waals surface area contributed by atoms with Crippen LogP contribution < -0.4 is 10.2 Å². The fourth-order valence-electron chi connectivity index (χ4n) is 4.69. The van der Waals surface area contributed by atoms with Crippen LogP contribution >= 0.6 is 0 Å². The summed E-state index contributed by atoms with van der Waals surface area (Å²) in [7, 11) is 0. The summed E-state index contributed by atoms with van der Waals surface area (Å²) in [6, 6.07) is 11.4. The van der Waals surface area contributed by atoms with Gasteiger partial charge in [-0.05, 0) is 52.0 Å². The molecule has 0 aliphatic carbocycles. The molecule has 0 radical (unpaired) electrons. The number of amides is 2. The first kappa shape index (κ1) is 27.2. The van der Waals surface area contributed by atoms with Crippen LogP contribution in [0.2, 0.25) is 0 Å². The number of imidazole rings is 1. The first-order chi connectivity index (χ1) is 17.9. The lowest BCUT2D eigenvalue weighted by Gasteiger charge is -2.33. The van der Waals surface area contributed by atoms with E-state index in [1.54, 1.807) is 15.6 Å². The Morgan fingerprint density at radius 2 is 1.79 bits per heavy atom. The molecule has 1 saturated heterocycles. The molecular weight excluding hydrogens is 484 g/mol. The number of anilines is 2. The molecule has 0 saturated carbocycles. The van der Waals surface area contributed by atoms with Gasteiger partial charge in [0.2, 0.25) is 0 Å². The topological polar surface area (TPSA) is 112 Å². The number of fused-ring (bicyclic) bond motifs is 1. The van der Waals surface area contributed by atoms with Gasteiger partial charge >= 0.3 is 12.2 Å². The third kappa shape index (κ3) is 6.00. The third-order valence-corrected chi connectivity index (χ3v) is 6.70. The minimum atomic E-state index is -0.895. The second-order valence-electron chi connectivity index (χ2n) is 11.1. The van der Waals surface area contributed by atoms with Crippen LogP contribution in [0.3, 0.4) is 0 Å². The normalized spacial score (nSPS) is 15.5. The fourth-order valence-corrected chi connectivity index (χ4v) is 4.69. The molecule has 4 rings (SSSR count). The summed E-state index contributed by atoms with van der Waals surface area (Å²) >= 11 is 0. The number of hydrogen-bond donors (Lipinski definition) is 2. The van der Waals surface area contributed by atoms with Gasteiger partial charge in [0.25, 0.3) is 0 Å². The molecule has 3 aromatic rings. The SMILES string of the molecule is CC(C)c1cnc2c(N(C(=O)OC(C)(C)C)C(C)c3ccccc3)cc(NC3CCN(C(=O)O)CC3)nn12. The molecule has 3 heterocycles. The van der Waals surface area contributed by atoms with Gasteiger partial charge in [-0.1, -0.05) is 44.2 Å². The number of hydrogen-bond acceptors (Lipinski definition) is 6. The van der Waals surface area contributed by atoms with Crippen molar-refractivity contribution in [1.82, 2.24) is 19.5 Å². The molecule has 2 N–H and O–H groups in total. The van der Waals surface area contributed by atoms with Crippen molar-refractivity contribution in [2.45, 2.75) is 78.0 Å². The van der Waals surface area contributed by atoms with Crippen LogP contribution in [0.1, 0.15) is 77.6 Å². The van der Waals surface area contributed by atoms with Crippen LogP contribution in [0.5, 0.6) is 0 Å². The first-order valence-electron chi connectivity index (χ1n) is 13.1. The molecule has 1 aliphatic heterocycles. The molecule has 0 spiro atoms. The van der Waals surface area contributed by atoms with Crippen molar-refractivity contribution in [2.75, 3.05) is 23.3 Å². The summed E-state index contributed by atoms with van der Waals surface area (Å²) in [6.45, 7) is 12.6. The zero-order valence-corrected chi connectivity index (χ0v) is 23.0. The number of aromatic nitrogens is 3. The van der Waals surface area contributed by atoms with Crippen molar-refractivity contribution in [3.63, 3.8) is 0 Å². The van der Waals surface area contributed by atoms with E-state index in [2.05, 4.69) is 24.1 Å². The molecule has 2 amide bonds. The predicted molar refractivity (Wildman–Crippen MR) is 147 cm³/mol. The van der Waals surface area contributed by atoms with Crippen molar-refractivity contribution < 1.29 is 19.4 Å². The lowest BCUT2D eigenvalue weighted by atomic mass is 10.1. The number of nitrogens with one attached hydrogen (secondary N) is 1. The van der Waals surface area contributed by atoms with Gasteiger partial charge in [0.15, 0.2) is 5.65 Å². The monoisotopic (exact) mass is 522 g/mol. The Labute approximate surface area is 223 Å². The highest BCUT2D eigenvalue weighted by Gasteiger charge is 2.32. The molecule has 2 aromatic heterocycles. The number of carbonyl (C=O) groups is 2. The van der Waals surface area contributed by atoms with E-state index < -0.39 is 17.8 Å². The maximum atomic E-state index is 13.7. The van der Waals surface area contributed by atoms with Crippen LogP contribution in [-0.2, 0) is 4.74 Å². The van der Waals surface area contributed by atoms with E-state index in [0.717, 1.165) is 11.3 Å². The molecule has 0 bridgehead atoms. The highest BCUT2D eigenvalue weighted by atomic mass is 16.6. The quantitative estimate of drug-likeness (QED) is 0.414. The Morgan fingerprint density at radius 3 is 2.37 bits per heavy atom. The lowest BCUT2D eigenvalue weighted by molar-refractivity contribution is 0.0567. The Balaban J connectivity index is 1.79. The lowest BCUT2D eigenvalue weighted by Crippen LogP contribution is -2.42. The Hall–Kier alpha value is -3.82. The van der Waals surface area contributed by atoms with Gasteiger partial charge in [-0.25, -0.2) is 19.1 Å².